The summed E-state index contributed by atoms with van der Waals surface area (Å²) in [7, 11) is 0. The van der Waals surface area contributed by atoms with Crippen LogP contribution in [0.4, 0.5) is 10.5 Å². The molecule has 152 valence electrons. The third-order valence-corrected chi connectivity index (χ3v) is 4.00. The smallest absolute Gasteiger partial charge is 0.325 e. The van der Waals surface area contributed by atoms with E-state index in [4.69, 9.17) is 14.2 Å². The van der Waals surface area contributed by atoms with Crippen molar-refractivity contribution in [1.29, 1.82) is 0 Å². The Morgan fingerprint density at radius 1 is 1.07 bits per heavy atom. The number of carbonyl (C=O) groups excluding carboxylic acids is 3. The van der Waals surface area contributed by atoms with E-state index in [-0.39, 0.29) is 5.92 Å². The molecule has 0 radical (unpaired) electrons. The van der Waals surface area contributed by atoms with E-state index in [1.165, 1.54) is 0 Å². The van der Waals surface area contributed by atoms with Crippen LogP contribution in [0, 0.1) is 5.92 Å². The Morgan fingerprint density at radius 3 is 2.50 bits per heavy atom. The zero-order chi connectivity index (χ0) is 20.4. The number of esters is 1. The summed E-state index contributed by atoms with van der Waals surface area (Å²) in [6.45, 7) is 4.12. The SMILES string of the molecule is CCOc1ccc(NC(=O)NC(=O)COC(=O)[C@H]2CC=CCC2)cc1OCC. The van der Waals surface area contributed by atoms with Gasteiger partial charge in [-0.3, -0.25) is 14.9 Å². The molecule has 0 saturated heterocycles. The lowest BCUT2D eigenvalue weighted by molar-refractivity contribution is -0.152. The van der Waals surface area contributed by atoms with Gasteiger partial charge in [-0.1, -0.05) is 12.2 Å². The fraction of sp³-hybridized carbons (Fsp3) is 0.450. The molecule has 0 bridgehead atoms. The van der Waals surface area contributed by atoms with Gasteiger partial charge in [0.1, 0.15) is 0 Å². The molecule has 2 N–H and O–H groups in total. The molecule has 3 amide bonds. The van der Waals surface area contributed by atoms with Crippen LogP contribution in [-0.4, -0.2) is 37.7 Å². The number of nitrogens with one attached hydrogen (secondary N) is 2. The van der Waals surface area contributed by atoms with Crippen LogP contribution in [0.1, 0.15) is 33.1 Å². The Hall–Kier alpha value is -3.03. The topological polar surface area (TPSA) is 103 Å². The second-order valence-electron chi connectivity index (χ2n) is 6.12. The lowest BCUT2D eigenvalue weighted by Crippen LogP contribution is -2.37. The van der Waals surface area contributed by atoms with Gasteiger partial charge < -0.3 is 19.5 Å². The highest BCUT2D eigenvalue weighted by molar-refractivity contribution is 6.02. The van der Waals surface area contributed by atoms with E-state index in [0.29, 0.717) is 43.2 Å². The van der Waals surface area contributed by atoms with Crippen molar-refractivity contribution >= 4 is 23.6 Å². The minimum Gasteiger partial charge on any atom is -0.490 e. The van der Waals surface area contributed by atoms with Crippen LogP contribution in [-0.2, 0) is 14.3 Å². The quantitative estimate of drug-likeness (QED) is 0.522. The second-order valence-corrected chi connectivity index (χ2v) is 6.12. The standard InChI is InChI=1S/C20H26N2O6/c1-3-26-16-11-10-15(12-17(16)27-4-2)21-20(25)22-18(23)13-28-19(24)14-8-6-5-7-9-14/h5-6,10-12,14H,3-4,7-9,13H2,1-2H3,(H2,21,22,23,25)/t14-/m0/s1. The van der Waals surface area contributed by atoms with E-state index in [9.17, 15) is 14.4 Å². The molecule has 1 aromatic rings. The Bertz CT molecular complexity index is 731. The van der Waals surface area contributed by atoms with Crippen LogP contribution < -0.4 is 20.1 Å². The summed E-state index contributed by atoms with van der Waals surface area (Å²) >= 11 is 0. The molecule has 28 heavy (non-hydrogen) atoms. The summed E-state index contributed by atoms with van der Waals surface area (Å²) in [5.74, 6) is -0.298. The molecule has 1 aliphatic rings. The number of ether oxygens (including phenoxy) is 3. The lowest BCUT2D eigenvalue weighted by Gasteiger charge is -2.16. The highest BCUT2D eigenvalue weighted by Crippen LogP contribution is 2.30. The highest BCUT2D eigenvalue weighted by atomic mass is 16.5. The molecule has 0 aliphatic heterocycles. The van der Waals surface area contributed by atoms with Crippen molar-refractivity contribution in [2.24, 2.45) is 5.92 Å². The summed E-state index contributed by atoms with van der Waals surface area (Å²) in [4.78, 5) is 35.7. The lowest BCUT2D eigenvalue weighted by atomic mass is 9.95. The van der Waals surface area contributed by atoms with Crippen molar-refractivity contribution in [1.82, 2.24) is 5.32 Å². The van der Waals surface area contributed by atoms with Gasteiger partial charge in [-0.2, -0.15) is 0 Å². The average Bonchev–Trinajstić information content (AvgIpc) is 2.69. The van der Waals surface area contributed by atoms with Crippen molar-refractivity contribution in [3.8, 4) is 11.5 Å². The number of rotatable bonds is 8. The van der Waals surface area contributed by atoms with Crippen LogP contribution in [0.5, 0.6) is 11.5 Å². The van der Waals surface area contributed by atoms with Gasteiger partial charge in [-0.05, 0) is 45.2 Å². The van der Waals surface area contributed by atoms with E-state index in [2.05, 4.69) is 10.6 Å². The average molecular weight is 390 g/mol. The van der Waals surface area contributed by atoms with E-state index >= 15 is 0 Å². The monoisotopic (exact) mass is 390 g/mol. The minimum absolute atomic E-state index is 0.229. The predicted octanol–water partition coefficient (Wildman–Crippen LogP) is 3.03. The molecule has 0 unspecified atom stereocenters. The van der Waals surface area contributed by atoms with Crippen molar-refractivity contribution < 1.29 is 28.6 Å². The summed E-state index contributed by atoms with van der Waals surface area (Å²) in [6.07, 6.45) is 6.08. The summed E-state index contributed by atoms with van der Waals surface area (Å²) in [6, 6.07) is 4.18. The molecule has 2 rings (SSSR count). The molecule has 0 fully saturated rings. The first kappa shape index (κ1) is 21.3. The fourth-order valence-corrected chi connectivity index (χ4v) is 2.72. The maximum Gasteiger partial charge on any atom is 0.325 e. The van der Waals surface area contributed by atoms with Crippen LogP contribution >= 0.6 is 0 Å². The third-order valence-electron chi connectivity index (χ3n) is 4.00. The van der Waals surface area contributed by atoms with Crippen molar-refractivity contribution in [2.45, 2.75) is 33.1 Å². The largest absolute Gasteiger partial charge is 0.490 e. The highest BCUT2D eigenvalue weighted by Gasteiger charge is 2.21. The predicted molar refractivity (Wildman–Crippen MR) is 103 cm³/mol. The van der Waals surface area contributed by atoms with Gasteiger partial charge in [0.2, 0.25) is 0 Å². The third kappa shape index (κ3) is 6.61. The zero-order valence-electron chi connectivity index (χ0n) is 16.2. The normalized spacial score (nSPS) is 15.4. The van der Waals surface area contributed by atoms with Crippen LogP contribution in [0.25, 0.3) is 0 Å². The van der Waals surface area contributed by atoms with Crippen LogP contribution in [0.15, 0.2) is 30.4 Å². The maximum absolute atomic E-state index is 12.0. The molecule has 0 spiro atoms. The molecule has 8 heteroatoms. The number of anilines is 1. The Morgan fingerprint density at radius 2 is 1.82 bits per heavy atom. The Labute approximate surface area is 164 Å². The van der Waals surface area contributed by atoms with Crippen molar-refractivity contribution in [2.75, 3.05) is 25.1 Å². The molecular weight excluding hydrogens is 364 g/mol. The molecule has 8 nitrogen and oxygen atoms in total. The molecule has 1 aromatic carbocycles. The van der Waals surface area contributed by atoms with E-state index in [1.54, 1.807) is 18.2 Å². The first-order chi connectivity index (χ1) is 13.5. The first-order valence-corrected chi connectivity index (χ1v) is 9.35. The second kappa shape index (κ2) is 11.0. The van der Waals surface area contributed by atoms with Crippen LogP contribution in [0.3, 0.4) is 0 Å². The summed E-state index contributed by atoms with van der Waals surface area (Å²) < 4.78 is 15.9. The fourth-order valence-electron chi connectivity index (χ4n) is 2.72. The van der Waals surface area contributed by atoms with Gasteiger partial charge in [0.15, 0.2) is 18.1 Å². The Kier molecular flexibility index (Phi) is 8.33. The number of hydrogen-bond donors (Lipinski definition) is 2. The molecule has 1 atom stereocenters. The van der Waals surface area contributed by atoms with Gasteiger partial charge in [0, 0.05) is 11.8 Å². The minimum atomic E-state index is -0.728. The van der Waals surface area contributed by atoms with E-state index in [0.717, 1.165) is 6.42 Å². The Balaban J connectivity index is 1.82. The van der Waals surface area contributed by atoms with Crippen LogP contribution in [0.2, 0.25) is 0 Å². The number of urea groups is 1. The van der Waals surface area contributed by atoms with Gasteiger partial charge in [0.25, 0.3) is 5.91 Å². The van der Waals surface area contributed by atoms with E-state index < -0.39 is 24.5 Å². The molecule has 0 aromatic heterocycles. The number of carbonyl (C=O) groups is 3. The number of amides is 3. The van der Waals surface area contributed by atoms with Gasteiger partial charge in [-0.15, -0.1) is 0 Å². The van der Waals surface area contributed by atoms with Gasteiger partial charge >= 0.3 is 12.0 Å². The number of imide groups is 1. The first-order valence-electron chi connectivity index (χ1n) is 9.35. The van der Waals surface area contributed by atoms with Gasteiger partial charge in [0.05, 0.1) is 19.1 Å². The zero-order valence-corrected chi connectivity index (χ0v) is 16.2. The maximum atomic E-state index is 12.0. The molecule has 1 aliphatic carbocycles. The summed E-state index contributed by atoms with van der Waals surface area (Å²) in [5, 5.41) is 4.66. The summed E-state index contributed by atoms with van der Waals surface area (Å²) in [5.41, 5.74) is 0.434. The van der Waals surface area contributed by atoms with Crippen molar-refractivity contribution in [3.63, 3.8) is 0 Å². The molecular formula is C20H26N2O6. The molecule has 0 saturated carbocycles. The van der Waals surface area contributed by atoms with E-state index in [1.807, 2.05) is 26.0 Å². The number of hydrogen-bond acceptors (Lipinski definition) is 6. The van der Waals surface area contributed by atoms with Gasteiger partial charge in [-0.25, -0.2) is 4.79 Å². The number of benzene rings is 1. The molecule has 0 heterocycles. The van der Waals surface area contributed by atoms with Crippen molar-refractivity contribution in [3.05, 3.63) is 30.4 Å². The number of allylic oxidation sites excluding steroid dienone is 2.